The van der Waals surface area contributed by atoms with Crippen LogP contribution in [-0.4, -0.2) is 5.11 Å². The molecule has 0 saturated carbocycles. The van der Waals surface area contributed by atoms with Gasteiger partial charge in [-0.15, -0.1) is 11.3 Å². The van der Waals surface area contributed by atoms with Gasteiger partial charge in [-0.3, -0.25) is 0 Å². The smallest absolute Gasteiger partial charge is 0.0803 e. The van der Waals surface area contributed by atoms with Gasteiger partial charge in [0.1, 0.15) is 0 Å². The van der Waals surface area contributed by atoms with Crippen LogP contribution in [0.25, 0.3) is 0 Å². The molecule has 0 spiro atoms. The van der Waals surface area contributed by atoms with Crippen LogP contribution in [0.2, 0.25) is 0 Å². The molecule has 1 aromatic heterocycles. The molecule has 17 heavy (non-hydrogen) atoms. The first-order chi connectivity index (χ1) is 8.16. The summed E-state index contributed by atoms with van der Waals surface area (Å²) in [4.78, 5) is 1.22. The number of aryl methyl sites for hydroxylation is 3. The lowest BCUT2D eigenvalue weighted by Gasteiger charge is -2.10. The number of benzene rings is 1. The van der Waals surface area contributed by atoms with Gasteiger partial charge in [0.15, 0.2) is 0 Å². The Morgan fingerprint density at radius 1 is 1.12 bits per heavy atom. The molecular weight excluding hydrogens is 228 g/mol. The third-order valence-corrected chi connectivity index (χ3v) is 3.95. The predicted octanol–water partition coefficient (Wildman–Crippen LogP) is 4.03. The molecule has 1 heterocycles. The molecular formula is C15H18OS. The molecule has 0 aliphatic carbocycles. The minimum absolute atomic E-state index is 0.331. The third-order valence-electron chi connectivity index (χ3n) is 3.08. The highest BCUT2D eigenvalue weighted by molar-refractivity contribution is 7.10. The van der Waals surface area contributed by atoms with Gasteiger partial charge >= 0.3 is 0 Å². The van der Waals surface area contributed by atoms with Crippen molar-refractivity contribution < 1.29 is 5.11 Å². The molecule has 0 fully saturated rings. The molecule has 1 atom stereocenters. The van der Waals surface area contributed by atoms with Crippen LogP contribution in [-0.2, 0) is 6.42 Å². The molecule has 0 radical (unpaired) electrons. The molecule has 0 aliphatic rings. The second-order valence-electron chi connectivity index (χ2n) is 4.47. The zero-order valence-corrected chi connectivity index (χ0v) is 11.1. The van der Waals surface area contributed by atoms with Crippen molar-refractivity contribution in [3.05, 3.63) is 57.3 Å². The van der Waals surface area contributed by atoms with E-state index in [-0.39, 0.29) is 6.10 Å². The minimum atomic E-state index is -0.331. The van der Waals surface area contributed by atoms with Crippen LogP contribution < -0.4 is 0 Å². The van der Waals surface area contributed by atoms with Crippen LogP contribution in [0.1, 0.15) is 34.1 Å². The Labute approximate surface area is 107 Å². The molecule has 1 N–H and O–H groups in total. The lowest BCUT2D eigenvalue weighted by molar-refractivity contribution is 0.167. The Morgan fingerprint density at radius 2 is 1.82 bits per heavy atom. The minimum Gasteiger partial charge on any atom is -0.388 e. The van der Waals surface area contributed by atoms with Gasteiger partial charge in [-0.05, 0) is 49.3 Å². The van der Waals surface area contributed by atoms with E-state index in [1.807, 2.05) is 11.4 Å². The second-order valence-corrected chi connectivity index (χ2v) is 5.59. The van der Waals surface area contributed by atoms with E-state index < -0.39 is 0 Å². The van der Waals surface area contributed by atoms with Gasteiger partial charge in [0.25, 0.3) is 0 Å². The average Bonchev–Trinajstić information content (AvgIpc) is 2.74. The summed E-state index contributed by atoms with van der Waals surface area (Å²) >= 11 is 1.70. The highest BCUT2D eigenvalue weighted by Crippen LogP contribution is 2.25. The Bertz CT molecular complexity index is 470. The van der Waals surface area contributed by atoms with E-state index in [0.717, 1.165) is 18.4 Å². The molecule has 0 aliphatic heterocycles. The first kappa shape index (κ1) is 12.3. The maximum atomic E-state index is 10.1. The lowest BCUT2D eigenvalue weighted by Crippen LogP contribution is -1.99. The monoisotopic (exact) mass is 246 g/mol. The molecule has 90 valence electrons. The van der Waals surface area contributed by atoms with E-state index in [1.165, 1.54) is 16.0 Å². The van der Waals surface area contributed by atoms with E-state index in [1.54, 1.807) is 11.3 Å². The summed E-state index contributed by atoms with van der Waals surface area (Å²) < 4.78 is 0. The zero-order valence-electron chi connectivity index (χ0n) is 10.3. The van der Waals surface area contributed by atoms with Gasteiger partial charge in [-0.25, -0.2) is 0 Å². The first-order valence-corrected chi connectivity index (χ1v) is 6.82. The van der Waals surface area contributed by atoms with E-state index in [0.29, 0.717) is 0 Å². The van der Waals surface area contributed by atoms with Crippen LogP contribution in [0.4, 0.5) is 0 Å². The van der Waals surface area contributed by atoms with Crippen LogP contribution in [0.5, 0.6) is 0 Å². The van der Waals surface area contributed by atoms with Gasteiger partial charge in [-0.1, -0.05) is 29.8 Å². The predicted molar refractivity (Wildman–Crippen MR) is 73.5 cm³/mol. The molecule has 2 aromatic rings. The fraction of sp³-hybridized carbons (Fsp3) is 0.333. The fourth-order valence-electron chi connectivity index (χ4n) is 1.95. The van der Waals surface area contributed by atoms with Gasteiger partial charge < -0.3 is 5.11 Å². The molecule has 0 bridgehead atoms. The summed E-state index contributed by atoms with van der Waals surface area (Å²) in [5.74, 6) is 0. The topological polar surface area (TPSA) is 20.2 Å². The van der Waals surface area contributed by atoms with E-state index >= 15 is 0 Å². The van der Waals surface area contributed by atoms with Crippen molar-refractivity contribution in [3.8, 4) is 0 Å². The standard InChI is InChI=1S/C15H18OS/c1-11-3-5-13(6-4-11)7-8-15(16)14-9-10-17-12(14)2/h3-6,9-10,15-16H,7-8H2,1-2H3. The molecule has 1 unspecified atom stereocenters. The van der Waals surface area contributed by atoms with E-state index in [9.17, 15) is 5.11 Å². The van der Waals surface area contributed by atoms with Crippen molar-refractivity contribution in [3.63, 3.8) is 0 Å². The summed E-state index contributed by atoms with van der Waals surface area (Å²) in [5, 5.41) is 12.2. The largest absolute Gasteiger partial charge is 0.388 e. The summed E-state index contributed by atoms with van der Waals surface area (Å²) in [6.07, 6.45) is 1.39. The SMILES string of the molecule is Cc1ccc(CCC(O)c2ccsc2C)cc1. The normalized spacial score (nSPS) is 12.6. The fourth-order valence-corrected chi connectivity index (χ4v) is 2.71. The maximum absolute atomic E-state index is 10.1. The number of aliphatic hydroxyl groups is 1. The van der Waals surface area contributed by atoms with Crippen molar-refractivity contribution >= 4 is 11.3 Å². The number of rotatable bonds is 4. The summed E-state index contributed by atoms with van der Waals surface area (Å²) in [7, 11) is 0. The molecule has 2 rings (SSSR count). The quantitative estimate of drug-likeness (QED) is 0.863. The van der Waals surface area contributed by atoms with Crippen molar-refractivity contribution in [1.82, 2.24) is 0 Å². The highest BCUT2D eigenvalue weighted by atomic mass is 32.1. The number of hydrogen-bond donors (Lipinski definition) is 1. The maximum Gasteiger partial charge on any atom is 0.0803 e. The van der Waals surface area contributed by atoms with Crippen molar-refractivity contribution in [2.24, 2.45) is 0 Å². The third kappa shape index (κ3) is 3.18. The van der Waals surface area contributed by atoms with Crippen molar-refractivity contribution in [2.45, 2.75) is 32.8 Å². The average molecular weight is 246 g/mol. The molecule has 2 heteroatoms. The van der Waals surface area contributed by atoms with Crippen LogP contribution in [0, 0.1) is 13.8 Å². The Hall–Kier alpha value is -1.12. The zero-order chi connectivity index (χ0) is 12.3. The van der Waals surface area contributed by atoms with Crippen LogP contribution >= 0.6 is 11.3 Å². The summed E-state index contributed by atoms with van der Waals surface area (Å²) in [6.45, 7) is 4.16. The number of aliphatic hydroxyl groups excluding tert-OH is 1. The summed E-state index contributed by atoms with van der Waals surface area (Å²) in [6, 6.07) is 10.6. The Balaban J connectivity index is 1.94. The molecule has 0 amide bonds. The highest BCUT2D eigenvalue weighted by Gasteiger charge is 2.11. The molecule has 1 nitrogen and oxygen atoms in total. The van der Waals surface area contributed by atoms with Crippen molar-refractivity contribution in [2.75, 3.05) is 0 Å². The first-order valence-electron chi connectivity index (χ1n) is 5.94. The van der Waals surface area contributed by atoms with Crippen molar-refractivity contribution in [1.29, 1.82) is 0 Å². The van der Waals surface area contributed by atoms with Gasteiger partial charge in [0.05, 0.1) is 6.10 Å². The van der Waals surface area contributed by atoms with E-state index in [2.05, 4.69) is 38.1 Å². The van der Waals surface area contributed by atoms with Crippen LogP contribution in [0.15, 0.2) is 35.7 Å². The summed E-state index contributed by atoms with van der Waals surface area (Å²) in [5.41, 5.74) is 3.66. The van der Waals surface area contributed by atoms with E-state index in [4.69, 9.17) is 0 Å². The number of hydrogen-bond acceptors (Lipinski definition) is 2. The number of thiophene rings is 1. The van der Waals surface area contributed by atoms with Gasteiger partial charge in [0.2, 0.25) is 0 Å². The Morgan fingerprint density at radius 3 is 2.41 bits per heavy atom. The lowest BCUT2D eigenvalue weighted by atomic mass is 10.0. The van der Waals surface area contributed by atoms with Gasteiger partial charge in [0, 0.05) is 4.88 Å². The van der Waals surface area contributed by atoms with Crippen LogP contribution in [0.3, 0.4) is 0 Å². The second kappa shape index (κ2) is 5.48. The van der Waals surface area contributed by atoms with Gasteiger partial charge in [-0.2, -0.15) is 0 Å². The Kier molecular flexibility index (Phi) is 3.97. The molecule has 0 saturated heterocycles. The molecule has 1 aromatic carbocycles.